The summed E-state index contributed by atoms with van der Waals surface area (Å²) >= 11 is 6.65. The second-order valence-electron chi connectivity index (χ2n) is 8.26. The third-order valence-electron chi connectivity index (χ3n) is 5.76. The summed E-state index contributed by atoms with van der Waals surface area (Å²) in [5.74, 6) is 1.14. The van der Waals surface area contributed by atoms with Crippen LogP contribution < -0.4 is 24.8 Å². The number of carbonyl (C=O) groups is 2. The number of nitrogens with one attached hydrogen (secondary N) is 2. The van der Waals surface area contributed by atoms with Gasteiger partial charge in [-0.1, -0.05) is 23.7 Å². The monoisotopic (exact) mass is 496 g/mol. The number of anilines is 1. The van der Waals surface area contributed by atoms with Gasteiger partial charge in [-0.15, -0.1) is 0 Å². The molecule has 3 aromatic rings. The Morgan fingerprint density at radius 1 is 0.829 bits per heavy atom. The van der Waals surface area contributed by atoms with Gasteiger partial charge < -0.3 is 19.5 Å². The molecular weight excluding hydrogens is 468 g/mol. The van der Waals surface area contributed by atoms with Crippen molar-refractivity contribution >= 4 is 29.2 Å². The average Bonchev–Trinajstić information content (AvgIpc) is 2.82. The molecule has 184 valence electrons. The van der Waals surface area contributed by atoms with E-state index in [1.54, 1.807) is 31.2 Å². The number of methoxy groups -OCH3 is 2. The van der Waals surface area contributed by atoms with Crippen LogP contribution in [0.4, 0.5) is 10.5 Å². The van der Waals surface area contributed by atoms with Gasteiger partial charge in [0.1, 0.15) is 28.6 Å². The number of halogens is 1. The summed E-state index contributed by atoms with van der Waals surface area (Å²) in [5, 5.41) is 5.38. The number of rotatable bonds is 6. The van der Waals surface area contributed by atoms with E-state index >= 15 is 0 Å². The van der Waals surface area contributed by atoms with Gasteiger partial charge in [0.2, 0.25) is 0 Å². The molecule has 0 atom stereocenters. The van der Waals surface area contributed by atoms with Crippen LogP contribution in [0.1, 0.15) is 38.2 Å². The van der Waals surface area contributed by atoms with Crippen LogP contribution >= 0.6 is 11.6 Å². The van der Waals surface area contributed by atoms with Gasteiger partial charge in [-0.05, 0) is 86.7 Å². The second-order valence-corrected chi connectivity index (χ2v) is 8.64. The fourth-order valence-corrected chi connectivity index (χ4v) is 4.01. The first kappa shape index (κ1) is 25.9. The molecule has 35 heavy (non-hydrogen) atoms. The lowest BCUT2D eigenvalue weighted by atomic mass is 10.1. The van der Waals surface area contributed by atoms with Gasteiger partial charge in [0, 0.05) is 5.69 Å². The second kappa shape index (κ2) is 10.7. The third-order valence-corrected chi connectivity index (χ3v) is 6.21. The van der Waals surface area contributed by atoms with Crippen LogP contribution in [0.25, 0.3) is 0 Å². The Kier molecular flexibility index (Phi) is 7.92. The molecule has 0 unspecified atom stereocenters. The van der Waals surface area contributed by atoms with Crippen molar-refractivity contribution in [1.29, 1.82) is 0 Å². The topological polar surface area (TPSA) is 85.9 Å². The van der Waals surface area contributed by atoms with E-state index < -0.39 is 11.9 Å². The number of carbonyl (C=O) groups excluding carboxylic acids is 2. The highest BCUT2D eigenvalue weighted by Crippen LogP contribution is 2.40. The van der Waals surface area contributed by atoms with E-state index in [0.29, 0.717) is 22.0 Å². The lowest BCUT2D eigenvalue weighted by Gasteiger charge is -2.19. The van der Waals surface area contributed by atoms with Crippen molar-refractivity contribution in [2.45, 2.75) is 34.6 Å². The maximum atomic E-state index is 12.8. The molecule has 0 aromatic heterocycles. The number of aryl methyl sites for hydroxylation is 3. The summed E-state index contributed by atoms with van der Waals surface area (Å²) in [4.78, 5) is 25.5. The quantitative estimate of drug-likeness (QED) is 0.399. The molecule has 3 amide bonds. The summed E-state index contributed by atoms with van der Waals surface area (Å²) in [5.41, 5.74) is 5.13. The average molecular weight is 497 g/mol. The van der Waals surface area contributed by atoms with Crippen LogP contribution in [0.5, 0.6) is 23.0 Å². The van der Waals surface area contributed by atoms with Crippen LogP contribution in [0.15, 0.2) is 36.4 Å². The first-order valence-electron chi connectivity index (χ1n) is 11.0. The first-order chi connectivity index (χ1) is 16.6. The molecule has 8 heteroatoms. The molecule has 0 spiro atoms. The fraction of sp³-hybridized carbons (Fsp3) is 0.259. The van der Waals surface area contributed by atoms with Gasteiger partial charge >= 0.3 is 6.03 Å². The van der Waals surface area contributed by atoms with Crippen LogP contribution in [-0.4, -0.2) is 26.2 Å². The molecule has 0 saturated heterocycles. The predicted molar refractivity (Wildman–Crippen MR) is 138 cm³/mol. The zero-order valence-corrected chi connectivity index (χ0v) is 21.6. The lowest BCUT2D eigenvalue weighted by Crippen LogP contribution is -2.35. The Balaban J connectivity index is 1.84. The molecule has 3 aromatic carbocycles. The van der Waals surface area contributed by atoms with Gasteiger partial charge in [0.05, 0.1) is 19.2 Å². The van der Waals surface area contributed by atoms with Gasteiger partial charge in [-0.3, -0.25) is 10.1 Å². The zero-order chi connectivity index (χ0) is 25.9. The van der Waals surface area contributed by atoms with E-state index in [-0.39, 0.29) is 17.1 Å². The summed E-state index contributed by atoms with van der Waals surface area (Å²) < 4.78 is 16.7. The third kappa shape index (κ3) is 5.52. The Hall–Kier alpha value is -3.71. The summed E-state index contributed by atoms with van der Waals surface area (Å²) in [6.07, 6.45) is 0. The number of urea groups is 1. The highest BCUT2D eigenvalue weighted by atomic mass is 35.5. The van der Waals surface area contributed by atoms with E-state index in [2.05, 4.69) is 16.7 Å². The van der Waals surface area contributed by atoms with E-state index in [9.17, 15) is 9.59 Å². The number of hydrogen-bond acceptors (Lipinski definition) is 5. The number of imide groups is 1. The molecule has 0 saturated carbocycles. The van der Waals surface area contributed by atoms with Gasteiger partial charge in [0.15, 0.2) is 0 Å². The van der Waals surface area contributed by atoms with Crippen molar-refractivity contribution in [3.05, 3.63) is 74.8 Å². The molecule has 0 bridgehead atoms. The molecule has 0 radical (unpaired) electrons. The predicted octanol–water partition coefficient (Wildman–Crippen LogP) is 6.65. The highest BCUT2D eigenvalue weighted by Gasteiger charge is 2.22. The molecule has 3 rings (SSSR count). The van der Waals surface area contributed by atoms with E-state index in [1.807, 2.05) is 33.8 Å². The first-order valence-corrected chi connectivity index (χ1v) is 11.3. The highest BCUT2D eigenvalue weighted by molar-refractivity contribution is 6.33. The maximum absolute atomic E-state index is 12.8. The molecule has 0 fully saturated rings. The minimum absolute atomic E-state index is 0.117. The Bertz CT molecular complexity index is 1280. The normalized spacial score (nSPS) is 10.5. The van der Waals surface area contributed by atoms with E-state index in [1.165, 1.54) is 14.2 Å². The largest absolute Gasteiger partial charge is 0.496 e. The molecule has 7 nitrogen and oxygen atoms in total. The van der Waals surface area contributed by atoms with Gasteiger partial charge in [-0.2, -0.15) is 0 Å². The smallest absolute Gasteiger partial charge is 0.326 e. The van der Waals surface area contributed by atoms with Crippen LogP contribution in [-0.2, 0) is 0 Å². The Morgan fingerprint density at radius 2 is 1.46 bits per heavy atom. The minimum atomic E-state index is -0.722. The van der Waals surface area contributed by atoms with Crippen molar-refractivity contribution in [3.63, 3.8) is 0 Å². The number of hydrogen-bond donors (Lipinski definition) is 2. The van der Waals surface area contributed by atoms with Crippen molar-refractivity contribution in [1.82, 2.24) is 5.32 Å². The van der Waals surface area contributed by atoms with Gasteiger partial charge in [-0.25, -0.2) is 4.79 Å². The van der Waals surface area contributed by atoms with Crippen LogP contribution in [0.2, 0.25) is 5.02 Å². The number of ether oxygens (including phenoxy) is 3. The zero-order valence-electron chi connectivity index (χ0n) is 20.9. The molecule has 0 aliphatic carbocycles. The van der Waals surface area contributed by atoms with E-state index in [4.69, 9.17) is 25.8 Å². The minimum Gasteiger partial charge on any atom is -0.496 e. The van der Waals surface area contributed by atoms with E-state index in [0.717, 1.165) is 28.0 Å². The molecule has 0 aliphatic rings. The summed E-state index contributed by atoms with van der Waals surface area (Å²) in [6.45, 7) is 9.64. The molecule has 2 N–H and O–H groups in total. The SMILES string of the molecule is COc1cccc(OC)c1C(=O)NC(=O)Nc1cc(C)c(Oc2cc(C)cc(C)c2C)c(Cl)c1C. The summed E-state index contributed by atoms with van der Waals surface area (Å²) in [6, 6.07) is 9.99. The molecule has 0 heterocycles. The van der Waals surface area contributed by atoms with Crippen molar-refractivity contribution in [3.8, 4) is 23.0 Å². The lowest BCUT2D eigenvalue weighted by molar-refractivity contribution is 0.0961. The Morgan fingerprint density at radius 3 is 2.06 bits per heavy atom. The van der Waals surface area contributed by atoms with Gasteiger partial charge in [0.25, 0.3) is 5.91 Å². The number of amides is 3. The fourth-order valence-electron chi connectivity index (χ4n) is 3.72. The summed E-state index contributed by atoms with van der Waals surface area (Å²) in [7, 11) is 2.87. The van der Waals surface area contributed by atoms with Crippen LogP contribution in [0, 0.1) is 34.6 Å². The molecular formula is C27H29ClN2O5. The number of benzene rings is 3. The standard InChI is InChI=1S/C27H29ClN2O5/c1-14-11-15(2)17(4)22(12-14)35-25-16(3)13-19(18(5)24(25)28)29-27(32)30-26(31)23-20(33-6)9-8-10-21(23)34-7/h8-13H,1-7H3,(H2,29,30,31,32). The van der Waals surface area contributed by atoms with Crippen molar-refractivity contribution < 1.29 is 23.8 Å². The molecule has 0 aliphatic heterocycles. The Labute approximate surface area is 210 Å². The maximum Gasteiger partial charge on any atom is 0.326 e. The van der Waals surface area contributed by atoms with Crippen molar-refractivity contribution in [2.75, 3.05) is 19.5 Å². The van der Waals surface area contributed by atoms with Crippen molar-refractivity contribution in [2.24, 2.45) is 0 Å². The van der Waals surface area contributed by atoms with Crippen LogP contribution in [0.3, 0.4) is 0 Å².